The number of anilines is 1. The number of para-hydroxylation sites is 1. The number of benzene rings is 3. The summed E-state index contributed by atoms with van der Waals surface area (Å²) in [5, 5.41) is 9.45. The van der Waals surface area contributed by atoms with Gasteiger partial charge in [-0.25, -0.2) is 0 Å². The van der Waals surface area contributed by atoms with Crippen LogP contribution in [-0.2, 0) is 5.75 Å². The molecule has 1 atom stereocenters. The van der Waals surface area contributed by atoms with Gasteiger partial charge >= 0.3 is 0 Å². The standard InChI is InChI=1S/C28H21N3O5S2/c1-34-20-13-12-17(14-21(20)35-2)23-22-24(32)18-10-6-7-11-19(18)36-25(22)26(33)31(23)27-29-30-28(38-27)37-15-16-8-4-3-5-9-16/h3-14,23H,15H2,1-2H3. The Morgan fingerprint density at radius 2 is 1.71 bits per heavy atom. The third-order valence-electron chi connectivity index (χ3n) is 6.31. The molecule has 0 aliphatic carbocycles. The summed E-state index contributed by atoms with van der Waals surface area (Å²) in [4.78, 5) is 29.0. The summed E-state index contributed by atoms with van der Waals surface area (Å²) in [5.74, 6) is 1.29. The number of carbonyl (C=O) groups is 1. The van der Waals surface area contributed by atoms with Crippen LogP contribution in [0.1, 0.15) is 33.3 Å². The Hall–Kier alpha value is -4.15. The molecule has 0 radical (unpaired) electrons. The van der Waals surface area contributed by atoms with Crippen molar-refractivity contribution in [3.05, 3.63) is 105 Å². The fourth-order valence-electron chi connectivity index (χ4n) is 4.53. The molecule has 5 aromatic rings. The minimum absolute atomic E-state index is 0.00201. The summed E-state index contributed by atoms with van der Waals surface area (Å²) in [7, 11) is 3.09. The number of rotatable bonds is 7. The SMILES string of the molecule is COc1ccc(C2c3c(oc4ccccc4c3=O)C(=O)N2c2nnc(SCc3ccccc3)s2)cc1OC. The van der Waals surface area contributed by atoms with E-state index in [1.165, 1.54) is 35.1 Å². The molecule has 3 heterocycles. The van der Waals surface area contributed by atoms with Crippen LogP contribution in [0.4, 0.5) is 5.13 Å². The van der Waals surface area contributed by atoms with E-state index in [4.69, 9.17) is 13.9 Å². The predicted octanol–water partition coefficient (Wildman–Crippen LogP) is 5.70. The van der Waals surface area contributed by atoms with Gasteiger partial charge < -0.3 is 13.9 Å². The van der Waals surface area contributed by atoms with Gasteiger partial charge in [0, 0.05) is 5.75 Å². The Morgan fingerprint density at radius 1 is 0.947 bits per heavy atom. The van der Waals surface area contributed by atoms with E-state index in [0.29, 0.717) is 43.3 Å². The third kappa shape index (κ3) is 4.11. The largest absolute Gasteiger partial charge is 0.493 e. The molecule has 0 saturated carbocycles. The molecular formula is C28H21N3O5S2. The van der Waals surface area contributed by atoms with Crippen LogP contribution in [0.5, 0.6) is 11.5 Å². The number of ether oxygens (including phenoxy) is 2. The molecule has 10 heteroatoms. The first kappa shape index (κ1) is 24.2. The number of nitrogens with zero attached hydrogens (tertiary/aromatic N) is 3. The highest BCUT2D eigenvalue weighted by atomic mass is 32.2. The molecule has 38 heavy (non-hydrogen) atoms. The molecule has 0 fully saturated rings. The van der Waals surface area contributed by atoms with Gasteiger partial charge in [-0.05, 0) is 35.4 Å². The predicted molar refractivity (Wildman–Crippen MR) is 147 cm³/mol. The van der Waals surface area contributed by atoms with Crippen LogP contribution in [0.25, 0.3) is 11.0 Å². The lowest BCUT2D eigenvalue weighted by atomic mass is 9.98. The molecule has 3 aromatic carbocycles. The van der Waals surface area contributed by atoms with E-state index in [1.807, 2.05) is 36.4 Å². The lowest BCUT2D eigenvalue weighted by Gasteiger charge is -2.23. The van der Waals surface area contributed by atoms with Crippen molar-refractivity contribution in [2.75, 3.05) is 19.1 Å². The summed E-state index contributed by atoms with van der Waals surface area (Å²) < 4.78 is 17.6. The topological polar surface area (TPSA) is 94.8 Å². The highest BCUT2D eigenvalue weighted by Crippen LogP contribution is 2.44. The minimum Gasteiger partial charge on any atom is -0.493 e. The Balaban J connectivity index is 1.46. The molecule has 190 valence electrons. The van der Waals surface area contributed by atoms with E-state index in [1.54, 1.807) is 43.5 Å². The van der Waals surface area contributed by atoms with Crippen LogP contribution in [-0.4, -0.2) is 30.3 Å². The molecule has 1 amide bonds. The lowest BCUT2D eigenvalue weighted by molar-refractivity contribution is 0.0970. The number of hydrogen-bond acceptors (Lipinski definition) is 9. The first-order chi connectivity index (χ1) is 18.6. The minimum atomic E-state index is -0.780. The molecule has 0 saturated heterocycles. The summed E-state index contributed by atoms with van der Waals surface area (Å²) >= 11 is 2.83. The van der Waals surface area contributed by atoms with Crippen LogP contribution >= 0.6 is 23.1 Å². The monoisotopic (exact) mass is 543 g/mol. The van der Waals surface area contributed by atoms with Crippen molar-refractivity contribution >= 4 is 45.1 Å². The van der Waals surface area contributed by atoms with E-state index in [2.05, 4.69) is 10.2 Å². The molecule has 0 spiro atoms. The number of aromatic nitrogens is 2. The molecule has 1 aliphatic rings. The fourth-order valence-corrected chi connectivity index (χ4v) is 6.36. The van der Waals surface area contributed by atoms with Crippen molar-refractivity contribution in [1.82, 2.24) is 10.2 Å². The Kier molecular flexibility index (Phi) is 6.34. The first-order valence-electron chi connectivity index (χ1n) is 11.7. The Labute approximate surface area is 225 Å². The van der Waals surface area contributed by atoms with Crippen molar-refractivity contribution in [3.63, 3.8) is 0 Å². The first-order valence-corrected chi connectivity index (χ1v) is 13.5. The number of methoxy groups -OCH3 is 2. The van der Waals surface area contributed by atoms with Crippen molar-refractivity contribution in [2.24, 2.45) is 0 Å². The highest BCUT2D eigenvalue weighted by Gasteiger charge is 2.45. The van der Waals surface area contributed by atoms with Crippen molar-refractivity contribution in [2.45, 2.75) is 16.1 Å². The fraction of sp³-hybridized carbons (Fsp3) is 0.143. The number of thioether (sulfide) groups is 1. The maximum absolute atomic E-state index is 13.8. The lowest BCUT2D eigenvalue weighted by Crippen LogP contribution is -2.29. The molecule has 0 N–H and O–H groups in total. The van der Waals surface area contributed by atoms with Gasteiger partial charge in [-0.15, -0.1) is 10.2 Å². The summed E-state index contributed by atoms with van der Waals surface area (Å²) in [6, 6.07) is 21.5. The second-order valence-electron chi connectivity index (χ2n) is 8.49. The van der Waals surface area contributed by atoms with Crippen LogP contribution < -0.4 is 19.8 Å². The Bertz CT molecular complexity index is 1720. The number of hydrogen-bond donors (Lipinski definition) is 0. The zero-order chi connectivity index (χ0) is 26.2. The van der Waals surface area contributed by atoms with Gasteiger partial charge in [0.05, 0.1) is 31.2 Å². The number of amides is 1. The summed E-state index contributed by atoms with van der Waals surface area (Å²) in [6.45, 7) is 0. The second kappa shape index (κ2) is 9.96. The number of carbonyl (C=O) groups excluding carboxylic acids is 1. The van der Waals surface area contributed by atoms with Gasteiger partial charge in [0.1, 0.15) is 5.58 Å². The highest BCUT2D eigenvalue weighted by molar-refractivity contribution is 8.00. The van der Waals surface area contributed by atoms with Crippen molar-refractivity contribution < 1.29 is 18.7 Å². The smallest absolute Gasteiger partial charge is 0.297 e. The van der Waals surface area contributed by atoms with Gasteiger partial charge in [-0.3, -0.25) is 14.5 Å². The quantitative estimate of drug-likeness (QED) is 0.191. The van der Waals surface area contributed by atoms with Crippen molar-refractivity contribution in [1.29, 1.82) is 0 Å². The van der Waals surface area contributed by atoms with E-state index >= 15 is 0 Å². The average molecular weight is 544 g/mol. The summed E-state index contributed by atoms with van der Waals surface area (Å²) in [5.41, 5.74) is 2.17. The van der Waals surface area contributed by atoms with Gasteiger partial charge in [0.2, 0.25) is 10.9 Å². The van der Waals surface area contributed by atoms with Crippen LogP contribution in [0.3, 0.4) is 0 Å². The van der Waals surface area contributed by atoms with Gasteiger partial charge in [-0.2, -0.15) is 0 Å². The molecule has 2 aromatic heterocycles. The van der Waals surface area contributed by atoms with E-state index < -0.39 is 11.9 Å². The molecule has 0 bridgehead atoms. The molecule has 8 nitrogen and oxygen atoms in total. The second-order valence-corrected chi connectivity index (χ2v) is 10.7. The van der Waals surface area contributed by atoms with E-state index in [-0.39, 0.29) is 16.8 Å². The van der Waals surface area contributed by atoms with Gasteiger partial charge in [0.25, 0.3) is 5.91 Å². The molecule has 6 rings (SSSR count). The van der Waals surface area contributed by atoms with Crippen LogP contribution in [0, 0.1) is 0 Å². The van der Waals surface area contributed by atoms with Crippen molar-refractivity contribution in [3.8, 4) is 11.5 Å². The van der Waals surface area contributed by atoms with E-state index in [0.717, 1.165) is 5.56 Å². The Morgan fingerprint density at radius 3 is 2.50 bits per heavy atom. The van der Waals surface area contributed by atoms with Gasteiger partial charge in [-0.1, -0.05) is 71.6 Å². The molecule has 1 unspecified atom stereocenters. The number of fused-ring (bicyclic) bond motifs is 2. The average Bonchev–Trinajstić information content (AvgIpc) is 3.54. The van der Waals surface area contributed by atoms with E-state index in [9.17, 15) is 9.59 Å². The van der Waals surface area contributed by atoms with Crippen LogP contribution in [0.2, 0.25) is 0 Å². The third-order valence-corrected chi connectivity index (χ3v) is 8.43. The maximum atomic E-state index is 13.8. The molecular weight excluding hydrogens is 522 g/mol. The summed E-state index contributed by atoms with van der Waals surface area (Å²) in [6.07, 6.45) is 0. The maximum Gasteiger partial charge on any atom is 0.297 e. The normalized spacial score (nSPS) is 14.6. The van der Waals surface area contributed by atoms with Crippen LogP contribution in [0.15, 0.2) is 86.3 Å². The van der Waals surface area contributed by atoms with Gasteiger partial charge in [0.15, 0.2) is 21.3 Å². The zero-order valence-corrected chi connectivity index (χ0v) is 22.0. The zero-order valence-electron chi connectivity index (χ0n) is 20.4. The molecule has 1 aliphatic heterocycles.